The van der Waals surface area contributed by atoms with Gasteiger partial charge in [-0.1, -0.05) is 13.3 Å². The Morgan fingerprint density at radius 1 is 1.30 bits per heavy atom. The highest BCUT2D eigenvalue weighted by Gasteiger charge is 2.24. The molecule has 4 nitrogen and oxygen atoms in total. The molecule has 1 N–H and O–H groups in total. The Balaban J connectivity index is 1.69. The molecular formula is C18H25N3OS. The molecule has 23 heavy (non-hydrogen) atoms. The summed E-state index contributed by atoms with van der Waals surface area (Å²) in [6.07, 6.45) is 7.14. The smallest absolute Gasteiger partial charge is 0.259 e. The zero-order valence-corrected chi connectivity index (χ0v) is 14.8. The number of H-pyrrole nitrogens is 1. The van der Waals surface area contributed by atoms with Crippen molar-refractivity contribution in [3.63, 3.8) is 0 Å². The van der Waals surface area contributed by atoms with E-state index in [0.29, 0.717) is 6.04 Å². The third-order valence-corrected chi connectivity index (χ3v) is 6.66. The van der Waals surface area contributed by atoms with Gasteiger partial charge in [-0.05, 0) is 57.1 Å². The Labute approximate surface area is 140 Å². The number of nitrogens with zero attached hydrogens (tertiary/aromatic N) is 2. The minimum absolute atomic E-state index is 0.0710. The molecule has 3 heterocycles. The van der Waals surface area contributed by atoms with E-state index in [9.17, 15) is 4.79 Å². The van der Waals surface area contributed by atoms with E-state index in [-0.39, 0.29) is 5.56 Å². The van der Waals surface area contributed by atoms with Gasteiger partial charge in [0, 0.05) is 10.9 Å². The monoisotopic (exact) mass is 331 g/mol. The molecule has 0 aromatic carbocycles. The van der Waals surface area contributed by atoms with Crippen molar-refractivity contribution in [2.24, 2.45) is 5.92 Å². The second-order valence-electron chi connectivity index (χ2n) is 7.36. The zero-order valence-electron chi connectivity index (χ0n) is 14.0. The fraction of sp³-hybridized carbons (Fsp3) is 0.667. The van der Waals surface area contributed by atoms with Crippen LogP contribution in [0.1, 0.15) is 55.8 Å². The lowest BCUT2D eigenvalue weighted by Gasteiger charge is -2.32. The number of hydrogen-bond donors (Lipinski definition) is 1. The van der Waals surface area contributed by atoms with Crippen molar-refractivity contribution in [3.05, 3.63) is 26.6 Å². The maximum absolute atomic E-state index is 12.6. The number of fused-ring (bicyclic) bond motifs is 3. The van der Waals surface area contributed by atoms with Gasteiger partial charge >= 0.3 is 0 Å². The molecule has 124 valence electrons. The second kappa shape index (κ2) is 6.02. The quantitative estimate of drug-likeness (QED) is 0.916. The summed E-state index contributed by atoms with van der Waals surface area (Å²) < 4.78 is 0. The van der Waals surface area contributed by atoms with Crippen molar-refractivity contribution in [1.82, 2.24) is 14.9 Å². The predicted octanol–water partition coefficient (Wildman–Crippen LogP) is 3.48. The lowest BCUT2D eigenvalue weighted by atomic mass is 9.89. The number of piperidine rings is 1. The molecule has 0 saturated carbocycles. The summed E-state index contributed by atoms with van der Waals surface area (Å²) in [5, 5.41) is 0.868. The number of aromatic amines is 1. The number of aryl methyl sites for hydroxylation is 1. The number of rotatable bonds is 2. The molecule has 0 spiro atoms. The van der Waals surface area contributed by atoms with E-state index >= 15 is 0 Å². The Hall–Kier alpha value is -1.20. The number of likely N-dealkylation sites (tertiary alicyclic amines) is 1. The zero-order chi connectivity index (χ0) is 16.0. The Morgan fingerprint density at radius 2 is 2.17 bits per heavy atom. The molecule has 0 amide bonds. The third kappa shape index (κ3) is 2.85. The van der Waals surface area contributed by atoms with Gasteiger partial charge in [0.1, 0.15) is 10.7 Å². The van der Waals surface area contributed by atoms with Crippen molar-refractivity contribution in [1.29, 1.82) is 0 Å². The Bertz CT molecular complexity index is 778. The van der Waals surface area contributed by atoms with E-state index in [1.165, 1.54) is 36.1 Å². The van der Waals surface area contributed by atoms with Crippen LogP contribution in [0.2, 0.25) is 0 Å². The summed E-state index contributed by atoms with van der Waals surface area (Å²) in [5.41, 5.74) is 1.34. The van der Waals surface area contributed by atoms with Crippen molar-refractivity contribution in [3.8, 4) is 0 Å². The predicted molar refractivity (Wildman–Crippen MR) is 95.2 cm³/mol. The first-order chi connectivity index (χ1) is 11.1. The number of hydrogen-bond acceptors (Lipinski definition) is 4. The highest BCUT2D eigenvalue weighted by Crippen LogP contribution is 2.35. The van der Waals surface area contributed by atoms with Gasteiger partial charge in [0.15, 0.2) is 0 Å². The van der Waals surface area contributed by atoms with Crippen LogP contribution in [-0.2, 0) is 19.4 Å². The maximum Gasteiger partial charge on any atom is 0.259 e. The molecule has 2 atom stereocenters. The average molecular weight is 331 g/mol. The van der Waals surface area contributed by atoms with Gasteiger partial charge in [0.05, 0.1) is 11.9 Å². The first-order valence-corrected chi connectivity index (χ1v) is 9.71. The van der Waals surface area contributed by atoms with Gasteiger partial charge < -0.3 is 4.98 Å². The van der Waals surface area contributed by atoms with E-state index in [4.69, 9.17) is 4.98 Å². The lowest BCUT2D eigenvalue weighted by Crippen LogP contribution is -2.37. The highest BCUT2D eigenvalue weighted by atomic mass is 32.1. The number of thiophene rings is 1. The summed E-state index contributed by atoms with van der Waals surface area (Å²) >= 11 is 1.74. The van der Waals surface area contributed by atoms with Crippen LogP contribution in [0.15, 0.2) is 4.79 Å². The van der Waals surface area contributed by atoms with Gasteiger partial charge in [-0.25, -0.2) is 4.98 Å². The van der Waals surface area contributed by atoms with Crippen LogP contribution in [0.4, 0.5) is 0 Å². The first kappa shape index (κ1) is 15.3. The van der Waals surface area contributed by atoms with Crippen molar-refractivity contribution in [2.75, 3.05) is 6.54 Å². The molecule has 2 aliphatic rings. The summed E-state index contributed by atoms with van der Waals surface area (Å²) in [7, 11) is 0. The SMILES string of the molecule is C[C@H]1CCc2c(sc3nc(CN4CCCC[C@H]4C)[nH]c(=O)c23)C1. The minimum atomic E-state index is 0.0710. The largest absolute Gasteiger partial charge is 0.309 e. The summed E-state index contributed by atoms with van der Waals surface area (Å²) in [4.78, 5) is 25.3. The fourth-order valence-corrected chi connectivity index (χ4v) is 5.46. The van der Waals surface area contributed by atoms with Crippen molar-refractivity contribution in [2.45, 2.75) is 65.0 Å². The molecule has 0 radical (unpaired) electrons. The molecular weight excluding hydrogens is 306 g/mol. The molecule has 0 unspecified atom stereocenters. The second-order valence-corrected chi connectivity index (χ2v) is 8.44. The van der Waals surface area contributed by atoms with Gasteiger partial charge in [-0.15, -0.1) is 11.3 Å². The van der Waals surface area contributed by atoms with Gasteiger partial charge in [0.2, 0.25) is 0 Å². The minimum Gasteiger partial charge on any atom is -0.309 e. The molecule has 2 aromatic heterocycles. The van der Waals surface area contributed by atoms with Gasteiger partial charge in [-0.2, -0.15) is 0 Å². The van der Waals surface area contributed by atoms with Crippen LogP contribution < -0.4 is 5.56 Å². The van der Waals surface area contributed by atoms with Gasteiger partial charge in [-0.3, -0.25) is 9.69 Å². The molecule has 1 aliphatic heterocycles. The Kier molecular flexibility index (Phi) is 4.01. The summed E-state index contributed by atoms with van der Waals surface area (Å²) in [6, 6.07) is 0.585. The van der Waals surface area contributed by atoms with Crippen LogP contribution in [0.25, 0.3) is 10.2 Å². The molecule has 5 heteroatoms. The normalized spacial score (nSPS) is 25.7. The lowest BCUT2D eigenvalue weighted by molar-refractivity contribution is 0.149. The topological polar surface area (TPSA) is 49.0 Å². The summed E-state index contributed by atoms with van der Waals surface area (Å²) in [5.74, 6) is 1.56. The van der Waals surface area contributed by atoms with Crippen LogP contribution in [0.3, 0.4) is 0 Å². The van der Waals surface area contributed by atoms with Crippen LogP contribution >= 0.6 is 11.3 Å². The number of aromatic nitrogens is 2. The van der Waals surface area contributed by atoms with Crippen LogP contribution in [-0.4, -0.2) is 27.5 Å². The standard InChI is InChI=1S/C18H25N3OS/c1-11-6-7-13-14(9-11)23-18-16(13)17(22)19-15(20-18)10-21-8-4-3-5-12(21)2/h11-12H,3-10H2,1-2H3,(H,19,20,22)/t11-,12+/m0/s1. The molecule has 4 rings (SSSR count). The Morgan fingerprint density at radius 3 is 3.00 bits per heavy atom. The number of nitrogens with one attached hydrogen (secondary N) is 1. The van der Waals surface area contributed by atoms with E-state index in [2.05, 4.69) is 23.7 Å². The van der Waals surface area contributed by atoms with Crippen molar-refractivity contribution >= 4 is 21.6 Å². The van der Waals surface area contributed by atoms with E-state index in [1.807, 2.05) is 0 Å². The van der Waals surface area contributed by atoms with Crippen LogP contribution in [0, 0.1) is 5.92 Å². The molecule has 2 aromatic rings. The third-order valence-electron chi connectivity index (χ3n) is 5.51. The molecule has 1 aliphatic carbocycles. The van der Waals surface area contributed by atoms with E-state index in [0.717, 1.165) is 47.9 Å². The fourth-order valence-electron chi connectivity index (χ4n) is 4.05. The summed E-state index contributed by atoms with van der Waals surface area (Å²) in [6.45, 7) is 6.46. The van der Waals surface area contributed by atoms with E-state index in [1.54, 1.807) is 11.3 Å². The van der Waals surface area contributed by atoms with Crippen molar-refractivity contribution < 1.29 is 0 Å². The molecule has 1 saturated heterocycles. The maximum atomic E-state index is 12.6. The van der Waals surface area contributed by atoms with Crippen LogP contribution in [0.5, 0.6) is 0 Å². The average Bonchev–Trinajstić information content (AvgIpc) is 2.87. The molecule has 0 bridgehead atoms. The first-order valence-electron chi connectivity index (χ1n) is 8.89. The van der Waals surface area contributed by atoms with Gasteiger partial charge in [0.25, 0.3) is 5.56 Å². The molecule has 1 fully saturated rings. The van der Waals surface area contributed by atoms with E-state index < -0.39 is 0 Å². The highest BCUT2D eigenvalue weighted by molar-refractivity contribution is 7.18.